The normalized spacial score (nSPS) is 11.9. The first-order valence-electron chi connectivity index (χ1n) is 8.46. The molecule has 0 bridgehead atoms. The average Bonchev–Trinajstić information content (AvgIpc) is 2.45. The van der Waals surface area contributed by atoms with E-state index >= 15 is 0 Å². The van der Waals surface area contributed by atoms with E-state index in [0.717, 1.165) is 25.9 Å². The van der Waals surface area contributed by atoms with Gasteiger partial charge in [-0.25, -0.2) is 0 Å². The highest BCUT2D eigenvalue weighted by Crippen LogP contribution is 2.18. The van der Waals surface area contributed by atoms with Crippen LogP contribution in [0.15, 0.2) is 0 Å². The lowest BCUT2D eigenvalue weighted by atomic mass is 10.1. The Morgan fingerprint density at radius 1 is 0.960 bits per heavy atom. The van der Waals surface area contributed by atoms with Crippen molar-refractivity contribution in [1.82, 2.24) is 21.3 Å². The van der Waals surface area contributed by atoms with Crippen LogP contribution in [0, 0.1) is 5.92 Å². The highest BCUT2D eigenvalue weighted by molar-refractivity contribution is 7.87. The van der Waals surface area contributed by atoms with Gasteiger partial charge in [-0.3, -0.25) is 4.55 Å². The van der Waals surface area contributed by atoms with E-state index in [4.69, 9.17) is 29.0 Å². The third kappa shape index (κ3) is 12.3. The zero-order chi connectivity index (χ0) is 19.5. The van der Waals surface area contributed by atoms with E-state index in [1.807, 2.05) is 0 Å². The third-order valence-corrected chi connectivity index (χ3v) is 5.82. The molecule has 0 heterocycles. The first kappa shape index (κ1) is 24.3. The van der Waals surface area contributed by atoms with E-state index in [1.165, 1.54) is 13.8 Å². The molecule has 0 aliphatic rings. The van der Waals surface area contributed by atoms with Gasteiger partial charge in [0, 0.05) is 26.2 Å². The molecular formula is C15H32N4O3S3. The van der Waals surface area contributed by atoms with Crippen molar-refractivity contribution in [1.29, 1.82) is 0 Å². The summed E-state index contributed by atoms with van der Waals surface area (Å²) >= 11 is 10.3. The van der Waals surface area contributed by atoms with Crippen molar-refractivity contribution in [2.75, 3.05) is 26.2 Å². The Labute approximate surface area is 162 Å². The lowest BCUT2D eigenvalue weighted by Crippen LogP contribution is -2.41. The van der Waals surface area contributed by atoms with Crippen molar-refractivity contribution >= 4 is 44.8 Å². The Morgan fingerprint density at radius 3 is 1.84 bits per heavy atom. The maximum absolute atomic E-state index is 11.2. The summed E-state index contributed by atoms with van der Waals surface area (Å²) in [5, 5.41) is 13.4. The van der Waals surface area contributed by atoms with Gasteiger partial charge in [-0.05, 0) is 63.5 Å². The van der Waals surface area contributed by atoms with E-state index < -0.39 is 14.9 Å². The highest BCUT2D eigenvalue weighted by atomic mass is 32.2. The van der Waals surface area contributed by atoms with Crippen molar-refractivity contribution < 1.29 is 13.0 Å². The fourth-order valence-corrected chi connectivity index (χ4v) is 2.47. The number of hydrogen-bond acceptors (Lipinski definition) is 4. The number of hydrogen-bond donors (Lipinski definition) is 5. The number of rotatable bonds is 11. The van der Waals surface area contributed by atoms with Gasteiger partial charge in [-0.2, -0.15) is 8.42 Å². The van der Waals surface area contributed by atoms with Gasteiger partial charge in [0.05, 0.1) is 4.75 Å². The monoisotopic (exact) mass is 412 g/mol. The lowest BCUT2D eigenvalue weighted by molar-refractivity contribution is 0.431. The molecule has 0 aromatic carbocycles. The van der Waals surface area contributed by atoms with Crippen LogP contribution < -0.4 is 21.3 Å². The molecule has 0 saturated heterocycles. The molecule has 0 spiro atoms. The fourth-order valence-electron chi connectivity index (χ4n) is 1.70. The summed E-state index contributed by atoms with van der Waals surface area (Å²) in [5.74, 6) is 0.649. The second kappa shape index (κ2) is 11.8. The molecule has 148 valence electrons. The summed E-state index contributed by atoms with van der Waals surface area (Å²) in [6.07, 6.45) is 2.17. The van der Waals surface area contributed by atoms with Crippen LogP contribution in [0.2, 0.25) is 0 Å². The van der Waals surface area contributed by atoms with Crippen LogP contribution in [0.5, 0.6) is 0 Å². The molecular weight excluding hydrogens is 380 g/mol. The Balaban J connectivity index is 3.70. The Bertz CT molecular complexity index is 522. The molecule has 0 aliphatic heterocycles. The lowest BCUT2D eigenvalue weighted by Gasteiger charge is -2.21. The van der Waals surface area contributed by atoms with Crippen LogP contribution in [0.4, 0.5) is 0 Å². The second-order valence-electron chi connectivity index (χ2n) is 6.89. The zero-order valence-electron chi connectivity index (χ0n) is 15.5. The van der Waals surface area contributed by atoms with Crippen molar-refractivity contribution in [3.63, 3.8) is 0 Å². The molecule has 0 radical (unpaired) electrons. The minimum atomic E-state index is -4.07. The predicted molar refractivity (Wildman–Crippen MR) is 112 cm³/mol. The SMILES string of the molecule is CC(C)CCNC(=S)NCCCNC(=S)NCCC(C)(C)S(=O)(=O)O. The summed E-state index contributed by atoms with van der Waals surface area (Å²) in [5.41, 5.74) is 0. The molecule has 0 aromatic rings. The van der Waals surface area contributed by atoms with Gasteiger partial charge >= 0.3 is 0 Å². The molecule has 0 rings (SSSR count). The Morgan fingerprint density at radius 2 is 1.40 bits per heavy atom. The van der Waals surface area contributed by atoms with Crippen molar-refractivity contribution in [3.8, 4) is 0 Å². The van der Waals surface area contributed by atoms with Gasteiger partial charge in [0.15, 0.2) is 10.2 Å². The van der Waals surface area contributed by atoms with Crippen LogP contribution >= 0.6 is 24.4 Å². The highest BCUT2D eigenvalue weighted by Gasteiger charge is 2.31. The second-order valence-corrected chi connectivity index (χ2v) is 9.76. The zero-order valence-corrected chi connectivity index (χ0v) is 18.0. The summed E-state index contributed by atoms with van der Waals surface area (Å²) in [4.78, 5) is 0. The topological polar surface area (TPSA) is 102 Å². The molecule has 10 heteroatoms. The van der Waals surface area contributed by atoms with Crippen LogP contribution in [0.1, 0.15) is 47.0 Å². The van der Waals surface area contributed by atoms with E-state index in [-0.39, 0.29) is 6.42 Å². The third-order valence-electron chi connectivity index (χ3n) is 3.64. The first-order valence-corrected chi connectivity index (χ1v) is 10.7. The van der Waals surface area contributed by atoms with E-state index in [1.54, 1.807) is 0 Å². The first-order chi connectivity index (χ1) is 11.5. The van der Waals surface area contributed by atoms with Gasteiger partial charge in [-0.1, -0.05) is 13.8 Å². The fraction of sp³-hybridized carbons (Fsp3) is 0.867. The summed E-state index contributed by atoms with van der Waals surface area (Å²) in [7, 11) is -4.07. The van der Waals surface area contributed by atoms with Crippen molar-refractivity contribution in [2.24, 2.45) is 5.92 Å². The van der Waals surface area contributed by atoms with E-state index in [0.29, 0.717) is 29.2 Å². The average molecular weight is 413 g/mol. The smallest absolute Gasteiger partial charge is 0.270 e. The largest absolute Gasteiger partial charge is 0.363 e. The maximum Gasteiger partial charge on any atom is 0.270 e. The van der Waals surface area contributed by atoms with Gasteiger partial charge in [0.25, 0.3) is 10.1 Å². The summed E-state index contributed by atoms with van der Waals surface area (Å²) in [6, 6.07) is 0. The molecule has 0 amide bonds. The van der Waals surface area contributed by atoms with Crippen molar-refractivity contribution in [3.05, 3.63) is 0 Å². The van der Waals surface area contributed by atoms with Crippen LogP contribution in [0.3, 0.4) is 0 Å². The maximum atomic E-state index is 11.2. The number of nitrogens with one attached hydrogen (secondary N) is 4. The van der Waals surface area contributed by atoms with Crippen LogP contribution in [-0.2, 0) is 10.1 Å². The standard InChI is InChI=1S/C15H32N4O3S3/c1-12(2)6-10-18-13(23)16-8-5-9-17-14(24)19-11-7-15(3,4)25(20,21)22/h12H,5-11H2,1-4H3,(H2,16,18,23)(H2,17,19,24)(H,20,21,22). The molecule has 0 atom stereocenters. The summed E-state index contributed by atoms with van der Waals surface area (Å²) < 4.78 is 30.3. The summed E-state index contributed by atoms with van der Waals surface area (Å²) in [6.45, 7) is 9.94. The predicted octanol–water partition coefficient (Wildman–Crippen LogP) is 1.41. The van der Waals surface area contributed by atoms with Crippen molar-refractivity contribution in [2.45, 2.75) is 51.7 Å². The number of thiocarbonyl (C=S) groups is 2. The van der Waals surface area contributed by atoms with Gasteiger partial charge in [-0.15, -0.1) is 0 Å². The molecule has 0 aliphatic carbocycles. The molecule has 0 saturated carbocycles. The molecule has 5 N–H and O–H groups in total. The molecule has 25 heavy (non-hydrogen) atoms. The van der Waals surface area contributed by atoms with Crippen LogP contribution in [-0.4, -0.2) is 54.1 Å². The minimum absolute atomic E-state index is 0.255. The molecule has 0 unspecified atom stereocenters. The minimum Gasteiger partial charge on any atom is -0.363 e. The van der Waals surface area contributed by atoms with Gasteiger partial charge in [0.2, 0.25) is 0 Å². The van der Waals surface area contributed by atoms with Gasteiger partial charge in [0.1, 0.15) is 0 Å². The Hall–Kier alpha value is -0.710. The van der Waals surface area contributed by atoms with Gasteiger partial charge < -0.3 is 21.3 Å². The molecule has 7 nitrogen and oxygen atoms in total. The molecule has 0 aromatic heterocycles. The molecule has 0 fully saturated rings. The van der Waals surface area contributed by atoms with E-state index in [9.17, 15) is 8.42 Å². The van der Waals surface area contributed by atoms with Crippen LogP contribution in [0.25, 0.3) is 0 Å². The Kier molecular flexibility index (Phi) is 11.5. The quantitative estimate of drug-likeness (QED) is 0.196. The van der Waals surface area contributed by atoms with E-state index in [2.05, 4.69) is 35.1 Å².